The highest BCUT2D eigenvalue weighted by atomic mass is 16.5. The summed E-state index contributed by atoms with van der Waals surface area (Å²) in [4.78, 5) is 54.5. The Kier molecular flexibility index (Phi) is 13.8. The summed E-state index contributed by atoms with van der Waals surface area (Å²) in [7, 11) is 0. The lowest BCUT2D eigenvalue weighted by atomic mass is 9.68. The average Bonchev–Trinajstić information content (AvgIpc) is 3.78. The first-order valence-electron chi connectivity index (χ1n) is 23.3. The van der Waals surface area contributed by atoms with Gasteiger partial charge in [-0.05, 0) is 126 Å². The minimum Gasteiger partial charge on any atom is -0.393 e. The van der Waals surface area contributed by atoms with Crippen LogP contribution in [0.3, 0.4) is 0 Å². The summed E-state index contributed by atoms with van der Waals surface area (Å²) in [6.07, 6.45) is 21.2. The zero-order valence-corrected chi connectivity index (χ0v) is 34.6. The van der Waals surface area contributed by atoms with Crippen molar-refractivity contribution in [2.75, 3.05) is 39.3 Å². The Labute approximate surface area is 340 Å². The zero-order chi connectivity index (χ0) is 39.5. The standard InChI is InChI=1S/C45H71N5O7/c1-2-35(28-6-4-3-5-7-28)42(29-8-13-32(51)14-9-29)30-10-15-33(16-11-30)56-23-22-49-21-20-34(27-49)57-41-26-46-38(25-47-41)31-12-17-36-37(24-31)45(55)50(44(36)54)39-18-19-40(52)48-43(39)53/h28-34,36-39,41,46-47,51H,2-27H2,1H3,(H,48,52,53)/b42-35-. The van der Waals surface area contributed by atoms with Gasteiger partial charge in [-0.2, -0.15) is 0 Å². The smallest absolute Gasteiger partial charge is 0.249 e. The molecular formula is C45H71N5O7. The predicted molar refractivity (Wildman–Crippen MR) is 215 cm³/mol. The highest BCUT2D eigenvalue weighted by Crippen LogP contribution is 2.46. The third kappa shape index (κ3) is 9.57. The minimum absolute atomic E-state index is 0.0596. The van der Waals surface area contributed by atoms with Gasteiger partial charge in [0.1, 0.15) is 12.3 Å². The molecule has 318 valence electrons. The quantitative estimate of drug-likeness (QED) is 0.164. The molecule has 4 saturated heterocycles. The van der Waals surface area contributed by atoms with E-state index in [1.54, 1.807) is 0 Å². The van der Waals surface area contributed by atoms with Crippen LogP contribution in [0.2, 0.25) is 0 Å². The molecule has 0 aromatic rings. The predicted octanol–water partition coefficient (Wildman–Crippen LogP) is 4.58. The number of carbonyl (C=O) groups is 4. The van der Waals surface area contributed by atoms with Crippen LogP contribution in [0.5, 0.6) is 0 Å². The summed E-state index contributed by atoms with van der Waals surface area (Å²) in [6, 6.07) is -0.673. The fourth-order valence-electron chi connectivity index (χ4n) is 12.6. The molecule has 4 aliphatic carbocycles. The van der Waals surface area contributed by atoms with Crippen LogP contribution in [0.1, 0.15) is 135 Å². The maximum Gasteiger partial charge on any atom is 0.249 e. The second-order valence-electron chi connectivity index (χ2n) is 19.1. The summed E-state index contributed by atoms with van der Waals surface area (Å²) in [5.74, 6) is 0.317. The summed E-state index contributed by atoms with van der Waals surface area (Å²) in [5, 5.41) is 19.9. The summed E-state index contributed by atoms with van der Waals surface area (Å²) < 4.78 is 13.1. The number of likely N-dealkylation sites (tertiary alicyclic amines) is 2. The lowest BCUT2D eigenvalue weighted by molar-refractivity contribution is -0.151. The van der Waals surface area contributed by atoms with Crippen LogP contribution in [0.25, 0.3) is 0 Å². The molecule has 7 unspecified atom stereocenters. The fraction of sp³-hybridized carbons (Fsp3) is 0.867. The lowest BCUT2D eigenvalue weighted by Crippen LogP contribution is -2.59. The Bertz CT molecular complexity index is 1460. The van der Waals surface area contributed by atoms with Gasteiger partial charge in [0.25, 0.3) is 0 Å². The topological polar surface area (TPSA) is 150 Å². The normalized spacial score (nSPS) is 39.3. The molecule has 0 aromatic heterocycles. The number of nitrogens with one attached hydrogen (secondary N) is 3. The number of aliphatic hydroxyl groups excluding tert-OH is 1. The molecule has 8 rings (SSSR count). The van der Waals surface area contributed by atoms with Gasteiger partial charge in [-0.25, -0.2) is 0 Å². The number of rotatable bonds is 12. The molecule has 8 fully saturated rings. The van der Waals surface area contributed by atoms with E-state index in [-0.39, 0.29) is 66.9 Å². The first-order chi connectivity index (χ1) is 27.7. The molecule has 12 nitrogen and oxygen atoms in total. The van der Waals surface area contributed by atoms with E-state index in [1.165, 1.54) is 69.1 Å². The van der Waals surface area contributed by atoms with E-state index < -0.39 is 17.9 Å². The van der Waals surface area contributed by atoms with Crippen molar-refractivity contribution in [2.24, 2.45) is 35.5 Å². The number of nitrogens with zero attached hydrogens (tertiary/aromatic N) is 2. The summed E-state index contributed by atoms with van der Waals surface area (Å²) in [5.41, 5.74) is 3.65. The van der Waals surface area contributed by atoms with Crippen LogP contribution in [0.4, 0.5) is 0 Å². The van der Waals surface area contributed by atoms with Crippen LogP contribution in [-0.2, 0) is 28.7 Å². The number of ether oxygens (including phenoxy) is 2. The molecular weight excluding hydrogens is 723 g/mol. The number of piperazine rings is 1. The van der Waals surface area contributed by atoms with E-state index in [0.29, 0.717) is 37.3 Å². The largest absolute Gasteiger partial charge is 0.393 e. The van der Waals surface area contributed by atoms with Gasteiger partial charge >= 0.3 is 0 Å². The van der Waals surface area contributed by atoms with Crippen LogP contribution < -0.4 is 16.0 Å². The number of carbonyl (C=O) groups excluding carboxylic acids is 4. The molecule has 4 amide bonds. The van der Waals surface area contributed by atoms with Crippen molar-refractivity contribution < 1.29 is 33.8 Å². The number of hydrogen-bond donors (Lipinski definition) is 4. The first kappa shape index (κ1) is 41.5. The van der Waals surface area contributed by atoms with E-state index in [4.69, 9.17) is 9.47 Å². The van der Waals surface area contributed by atoms with Crippen LogP contribution in [-0.4, -0.2) is 114 Å². The van der Waals surface area contributed by atoms with Crippen LogP contribution in [0, 0.1) is 35.5 Å². The van der Waals surface area contributed by atoms with Crippen LogP contribution >= 0.6 is 0 Å². The second kappa shape index (κ2) is 19.0. The molecule has 57 heavy (non-hydrogen) atoms. The maximum atomic E-state index is 13.5. The van der Waals surface area contributed by atoms with Crippen molar-refractivity contribution in [3.63, 3.8) is 0 Å². The minimum atomic E-state index is -0.867. The van der Waals surface area contributed by atoms with E-state index in [9.17, 15) is 24.3 Å². The Morgan fingerprint density at radius 2 is 1.49 bits per heavy atom. The van der Waals surface area contributed by atoms with Crippen molar-refractivity contribution in [1.29, 1.82) is 0 Å². The van der Waals surface area contributed by atoms with E-state index in [0.717, 1.165) is 77.2 Å². The molecule has 0 bridgehead atoms. The SMILES string of the molecule is CC/C(=C(\C1CCC(O)CC1)C1CCC(OCCN2CCC(OC3CNC(C4CCC5C(=O)N(C6CCC(=O)NC6=O)C(=O)C5C4)CN3)C2)CC1)C1CCCCC1. The van der Waals surface area contributed by atoms with Gasteiger partial charge in [-0.3, -0.25) is 39.6 Å². The molecule has 0 spiro atoms. The van der Waals surface area contributed by atoms with Gasteiger partial charge in [0.2, 0.25) is 23.6 Å². The van der Waals surface area contributed by atoms with Gasteiger partial charge in [0.05, 0.1) is 36.8 Å². The molecule has 4 heterocycles. The zero-order valence-electron chi connectivity index (χ0n) is 34.6. The summed E-state index contributed by atoms with van der Waals surface area (Å²) in [6.45, 7) is 7.54. The fourth-order valence-corrected chi connectivity index (χ4v) is 12.6. The molecule has 12 heteroatoms. The van der Waals surface area contributed by atoms with Crippen LogP contribution in [0.15, 0.2) is 11.1 Å². The first-order valence-corrected chi connectivity index (χ1v) is 23.3. The number of amides is 4. The summed E-state index contributed by atoms with van der Waals surface area (Å²) >= 11 is 0. The Hall–Kier alpha value is -2.22. The van der Waals surface area contributed by atoms with E-state index in [2.05, 4.69) is 27.8 Å². The number of imide groups is 2. The number of allylic oxidation sites excluding steroid dienone is 2. The van der Waals surface area contributed by atoms with Crippen molar-refractivity contribution in [1.82, 2.24) is 25.8 Å². The maximum absolute atomic E-state index is 13.5. The highest BCUT2D eigenvalue weighted by molar-refractivity contribution is 6.10. The van der Waals surface area contributed by atoms with Crippen molar-refractivity contribution in [3.05, 3.63) is 11.1 Å². The molecule has 4 N–H and O–H groups in total. The van der Waals surface area contributed by atoms with Gasteiger partial charge < -0.3 is 19.9 Å². The number of fused-ring (bicyclic) bond motifs is 1. The van der Waals surface area contributed by atoms with Gasteiger partial charge in [-0.15, -0.1) is 0 Å². The Morgan fingerprint density at radius 1 is 0.754 bits per heavy atom. The van der Waals surface area contributed by atoms with E-state index >= 15 is 0 Å². The molecule has 0 radical (unpaired) electrons. The van der Waals surface area contributed by atoms with Crippen molar-refractivity contribution in [2.45, 2.75) is 172 Å². The van der Waals surface area contributed by atoms with Gasteiger partial charge in [0, 0.05) is 45.2 Å². The molecule has 4 aliphatic heterocycles. The van der Waals surface area contributed by atoms with Gasteiger partial charge in [0.15, 0.2) is 0 Å². The van der Waals surface area contributed by atoms with Crippen molar-refractivity contribution >= 4 is 23.6 Å². The third-order valence-electron chi connectivity index (χ3n) is 15.7. The Morgan fingerprint density at radius 3 is 2.19 bits per heavy atom. The molecule has 4 saturated carbocycles. The monoisotopic (exact) mass is 794 g/mol. The third-order valence-corrected chi connectivity index (χ3v) is 15.7. The van der Waals surface area contributed by atoms with Crippen molar-refractivity contribution in [3.8, 4) is 0 Å². The molecule has 8 aliphatic rings. The highest BCUT2D eigenvalue weighted by Gasteiger charge is 2.54. The lowest BCUT2D eigenvalue weighted by Gasteiger charge is -2.40. The number of aliphatic hydroxyl groups is 1. The average molecular weight is 794 g/mol. The Balaban J connectivity index is 0.737. The number of hydrogen-bond acceptors (Lipinski definition) is 10. The second-order valence-corrected chi connectivity index (χ2v) is 19.1. The molecule has 7 atom stereocenters. The van der Waals surface area contributed by atoms with E-state index in [1.807, 2.05) is 11.1 Å². The molecule has 0 aromatic carbocycles. The number of piperidine rings is 1. The van der Waals surface area contributed by atoms with Gasteiger partial charge in [-0.1, -0.05) is 37.3 Å².